The predicted octanol–water partition coefficient (Wildman–Crippen LogP) is 6.98. The molecule has 10 nitrogen and oxygen atoms in total. The maximum atomic E-state index is 14.2. The number of aromatic hydroxyl groups is 1. The van der Waals surface area contributed by atoms with Crippen molar-refractivity contribution in [3.63, 3.8) is 0 Å². The lowest BCUT2D eigenvalue weighted by Gasteiger charge is -2.24. The van der Waals surface area contributed by atoms with Crippen LogP contribution >= 0.6 is 39.0 Å². The zero-order chi connectivity index (χ0) is 31.1. The number of furan rings is 1. The molecule has 0 aliphatic carbocycles. The zero-order valence-corrected chi connectivity index (χ0v) is 26.1. The predicted molar refractivity (Wildman–Crippen MR) is 165 cm³/mol. The van der Waals surface area contributed by atoms with Crippen LogP contribution in [0.5, 0.6) is 17.2 Å². The second kappa shape index (κ2) is 11.9. The molecule has 3 aromatic carbocycles. The number of halogens is 2. The zero-order valence-electron chi connectivity index (χ0n) is 22.9. The van der Waals surface area contributed by atoms with Crippen LogP contribution < -0.4 is 14.4 Å². The Morgan fingerprint density at radius 3 is 2.61 bits per heavy atom. The van der Waals surface area contributed by atoms with E-state index in [0.717, 1.165) is 16.2 Å². The van der Waals surface area contributed by atoms with Gasteiger partial charge in [0.1, 0.15) is 5.82 Å². The van der Waals surface area contributed by atoms with Crippen LogP contribution in [0.4, 0.5) is 9.52 Å². The number of nitrogens with zero attached hydrogens (tertiary/aromatic N) is 3. The molecule has 0 radical (unpaired) electrons. The van der Waals surface area contributed by atoms with Crippen molar-refractivity contribution in [3.8, 4) is 17.2 Å². The van der Waals surface area contributed by atoms with Crippen LogP contribution in [0.3, 0.4) is 0 Å². The van der Waals surface area contributed by atoms with Crippen molar-refractivity contribution in [2.75, 3.05) is 19.1 Å². The lowest BCUT2D eigenvalue weighted by molar-refractivity contribution is -0.117. The number of hydrogen-bond donors (Lipinski definition) is 2. The molecule has 0 bridgehead atoms. The Morgan fingerprint density at radius 2 is 1.86 bits per heavy atom. The highest BCUT2D eigenvalue weighted by Crippen LogP contribution is 2.47. The van der Waals surface area contributed by atoms with Crippen LogP contribution in [-0.4, -0.2) is 46.3 Å². The number of fused-ring (bicyclic) bond motifs is 1. The molecule has 0 saturated carbocycles. The van der Waals surface area contributed by atoms with E-state index >= 15 is 0 Å². The molecule has 1 atom stereocenters. The summed E-state index contributed by atoms with van der Waals surface area (Å²) >= 11 is 5.56. The Morgan fingerprint density at radius 1 is 1.09 bits per heavy atom. The molecule has 6 rings (SSSR count). The third kappa shape index (κ3) is 5.18. The number of phenols is 1. The number of aliphatic hydroxyl groups excluding tert-OH is 1. The van der Waals surface area contributed by atoms with Crippen molar-refractivity contribution in [1.82, 2.24) is 10.2 Å². The Hall–Kier alpha value is -4.40. The number of benzene rings is 3. The Bertz CT molecular complexity index is 1980. The van der Waals surface area contributed by atoms with Crippen molar-refractivity contribution < 1.29 is 38.1 Å². The number of aromatic nitrogens is 2. The van der Waals surface area contributed by atoms with Gasteiger partial charge in [-0.15, -0.1) is 10.2 Å². The first kappa shape index (κ1) is 29.7. The molecular weight excluding hydrogens is 677 g/mol. The third-order valence-corrected chi connectivity index (χ3v) is 9.61. The number of rotatable bonds is 9. The number of carbonyl (C=O) groups is 2. The Kier molecular flexibility index (Phi) is 8.05. The van der Waals surface area contributed by atoms with Crippen molar-refractivity contribution >= 4 is 66.8 Å². The van der Waals surface area contributed by atoms with E-state index in [1.807, 2.05) is 0 Å². The van der Waals surface area contributed by atoms with Gasteiger partial charge >= 0.3 is 0 Å². The Labute approximate surface area is 265 Å². The number of para-hydroxylation sites is 1. The fourth-order valence-electron chi connectivity index (χ4n) is 4.81. The van der Waals surface area contributed by atoms with E-state index in [0.29, 0.717) is 32.2 Å². The second-order valence-electron chi connectivity index (χ2n) is 9.44. The van der Waals surface area contributed by atoms with E-state index in [1.54, 1.807) is 36.4 Å². The molecule has 14 heteroatoms. The SMILES string of the molecule is COc1cc(C2C(C(=O)c3cc4cccc(OC)c4o3)=C(O)C(=O)N2c2nnc(SCc3ccccc3F)s2)cc(Br)c1O. The third-order valence-electron chi connectivity index (χ3n) is 6.90. The number of phenolic OH excluding ortho intramolecular Hbond substituents is 1. The smallest absolute Gasteiger partial charge is 0.296 e. The summed E-state index contributed by atoms with van der Waals surface area (Å²) in [4.78, 5) is 28.8. The number of anilines is 1. The van der Waals surface area contributed by atoms with Gasteiger partial charge in [-0.3, -0.25) is 14.5 Å². The minimum Gasteiger partial charge on any atom is -0.503 e. The fourth-order valence-corrected chi connectivity index (χ4v) is 7.13. The van der Waals surface area contributed by atoms with E-state index in [4.69, 9.17) is 13.9 Å². The first-order valence-corrected chi connectivity index (χ1v) is 15.4. The Balaban J connectivity index is 1.42. The van der Waals surface area contributed by atoms with E-state index in [1.165, 1.54) is 50.2 Å². The van der Waals surface area contributed by atoms with Gasteiger partial charge < -0.3 is 24.1 Å². The van der Waals surface area contributed by atoms with E-state index < -0.39 is 23.5 Å². The number of amides is 1. The van der Waals surface area contributed by atoms with E-state index in [-0.39, 0.29) is 44.0 Å². The number of Topliss-reactive ketones (excluding diaryl/α,β-unsaturated/α-hetero) is 1. The average molecular weight is 699 g/mol. The molecule has 2 aromatic heterocycles. The van der Waals surface area contributed by atoms with Crippen LogP contribution in [-0.2, 0) is 10.5 Å². The summed E-state index contributed by atoms with van der Waals surface area (Å²) in [5.41, 5.74) is 0.839. The van der Waals surface area contributed by atoms with Crippen molar-refractivity contribution in [3.05, 3.63) is 99.2 Å². The minimum absolute atomic E-state index is 0.0619. The summed E-state index contributed by atoms with van der Waals surface area (Å²) in [6.45, 7) is 0. The van der Waals surface area contributed by atoms with Crippen LogP contribution in [0.1, 0.15) is 27.7 Å². The monoisotopic (exact) mass is 697 g/mol. The lowest BCUT2D eigenvalue weighted by Crippen LogP contribution is -2.31. The largest absolute Gasteiger partial charge is 0.503 e. The molecule has 224 valence electrons. The van der Waals surface area contributed by atoms with Gasteiger partial charge in [-0.25, -0.2) is 4.39 Å². The maximum Gasteiger partial charge on any atom is 0.296 e. The quantitative estimate of drug-likeness (QED) is 0.0943. The van der Waals surface area contributed by atoms with Crippen molar-refractivity contribution in [1.29, 1.82) is 0 Å². The van der Waals surface area contributed by atoms with Crippen LogP contribution in [0, 0.1) is 5.82 Å². The van der Waals surface area contributed by atoms with Gasteiger partial charge in [-0.2, -0.15) is 0 Å². The van der Waals surface area contributed by atoms with Crippen LogP contribution in [0.15, 0.2) is 85.2 Å². The maximum absolute atomic E-state index is 14.2. The first-order chi connectivity index (χ1) is 21.2. The molecule has 0 fully saturated rings. The van der Waals surface area contributed by atoms with Gasteiger partial charge in [0.05, 0.1) is 30.3 Å². The summed E-state index contributed by atoms with van der Waals surface area (Å²) in [6, 6.07) is 14.8. The number of ether oxygens (including phenoxy) is 2. The van der Waals surface area contributed by atoms with Gasteiger partial charge in [0.2, 0.25) is 10.9 Å². The van der Waals surface area contributed by atoms with Gasteiger partial charge in [-0.1, -0.05) is 53.4 Å². The van der Waals surface area contributed by atoms with Gasteiger partial charge in [0.25, 0.3) is 5.91 Å². The molecule has 1 unspecified atom stereocenters. The fraction of sp³-hybridized carbons (Fsp3) is 0.133. The molecule has 0 spiro atoms. The van der Waals surface area contributed by atoms with Crippen molar-refractivity contribution in [2.24, 2.45) is 0 Å². The molecule has 1 aliphatic rings. The summed E-state index contributed by atoms with van der Waals surface area (Å²) in [5, 5.41) is 30.6. The van der Waals surface area contributed by atoms with Crippen LogP contribution in [0.2, 0.25) is 0 Å². The van der Waals surface area contributed by atoms with E-state index in [2.05, 4.69) is 26.1 Å². The molecule has 1 aliphatic heterocycles. The van der Waals surface area contributed by atoms with Gasteiger partial charge in [0.15, 0.2) is 38.7 Å². The molecular formula is C30H21BrFN3O7S2. The lowest BCUT2D eigenvalue weighted by atomic mass is 9.95. The molecule has 0 saturated heterocycles. The van der Waals surface area contributed by atoms with Gasteiger partial charge in [0, 0.05) is 11.1 Å². The first-order valence-electron chi connectivity index (χ1n) is 12.9. The molecule has 2 N–H and O–H groups in total. The second-order valence-corrected chi connectivity index (χ2v) is 12.5. The van der Waals surface area contributed by atoms with E-state index in [9.17, 15) is 24.2 Å². The van der Waals surface area contributed by atoms with Gasteiger partial charge in [-0.05, 0) is 57.4 Å². The summed E-state index contributed by atoms with van der Waals surface area (Å²) < 4.78 is 31.3. The summed E-state index contributed by atoms with van der Waals surface area (Å²) in [7, 11) is 2.82. The molecule has 1 amide bonds. The summed E-state index contributed by atoms with van der Waals surface area (Å²) in [5.74, 6) is -2.38. The minimum atomic E-state index is -1.21. The number of aliphatic hydroxyl groups is 1. The number of carbonyl (C=O) groups excluding carboxylic acids is 2. The highest BCUT2D eigenvalue weighted by Gasteiger charge is 2.47. The number of ketones is 1. The standard InChI is InChI=1S/C30H21BrFN3O7S2/c1-40-19-9-5-7-14-11-21(42-27(14)19)25(37)22-23(16-10-17(31)24(36)20(12-16)41-2)35(28(39)26(22)38)29-33-34-30(44-29)43-13-15-6-3-4-8-18(15)32/h3-12,23,36,38H,13H2,1-2H3. The van der Waals surface area contributed by atoms with Crippen LogP contribution in [0.25, 0.3) is 11.0 Å². The van der Waals surface area contributed by atoms with Crippen molar-refractivity contribution in [2.45, 2.75) is 16.1 Å². The number of methoxy groups -OCH3 is 2. The average Bonchev–Trinajstić information content (AvgIpc) is 3.74. The normalized spacial score (nSPS) is 15.0. The molecule has 3 heterocycles. The highest BCUT2D eigenvalue weighted by atomic mass is 79.9. The molecule has 44 heavy (non-hydrogen) atoms. The highest BCUT2D eigenvalue weighted by molar-refractivity contribution is 9.10. The number of hydrogen-bond acceptors (Lipinski definition) is 11. The summed E-state index contributed by atoms with van der Waals surface area (Å²) in [6.07, 6.45) is 0. The topological polar surface area (TPSA) is 135 Å². The number of thioether (sulfide) groups is 1. The molecule has 5 aromatic rings.